The van der Waals surface area contributed by atoms with Gasteiger partial charge in [-0.2, -0.15) is 0 Å². The molecule has 4 rings (SSSR count). The van der Waals surface area contributed by atoms with Gasteiger partial charge in [0, 0.05) is 45.9 Å². The van der Waals surface area contributed by atoms with Gasteiger partial charge in [0.1, 0.15) is 0 Å². The molecule has 2 aliphatic heterocycles. The highest BCUT2D eigenvalue weighted by atomic mass is 16.5. The van der Waals surface area contributed by atoms with Crippen LogP contribution in [0.5, 0.6) is 0 Å². The number of nitrogens with zero attached hydrogens (tertiary/aromatic N) is 2. The summed E-state index contributed by atoms with van der Waals surface area (Å²) >= 11 is 0. The SMILES string of the molecule is OCC1CC(CN2CCOCC2)CN(Cc2ccc(-c3ccccc3)cc2)C1. The summed E-state index contributed by atoms with van der Waals surface area (Å²) in [6.45, 7) is 8.30. The predicted molar refractivity (Wildman–Crippen MR) is 113 cm³/mol. The first-order chi connectivity index (χ1) is 13.8. The number of benzene rings is 2. The first-order valence-electron chi connectivity index (χ1n) is 10.6. The molecule has 2 fully saturated rings. The minimum absolute atomic E-state index is 0.295. The number of rotatable bonds is 6. The van der Waals surface area contributed by atoms with Gasteiger partial charge in [-0.05, 0) is 34.9 Å². The lowest BCUT2D eigenvalue weighted by molar-refractivity contribution is 0.0117. The topological polar surface area (TPSA) is 35.9 Å². The summed E-state index contributed by atoms with van der Waals surface area (Å²) in [4.78, 5) is 5.06. The summed E-state index contributed by atoms with van der Waals surface area (Å²) < 4.78 is 5.48. The Morgan fingerprint density at radius 2 is 1.50 bits per heavy atom. The van der Waals surface area contributed by atoms with E-state index in [2.05, 4.69) is 64.4 Å². The molecule has 0 aromatic heterocycles. The third kappa shape index (κ3) is 5.21. The number of aliphatic hydroxyl groups is 1. The average Bonchev–Trinajstić information content (AvgIpc) is 2.75. The van der Waals surface area contributed by atoms with E-state index < -0.39 is 0 Å². The van der Waals surface area contributed by atoms with Crippen LogP contribution in [0.25, 0.3) is 11.1 Å². The minimum Gasteiger partial charge on any atom is -0.396 e. The van der Waals surface area contributed by atoms with Crippen molar-refractivity contribution in [3.05, 3.63) is 60.2 Å². The van der Waals surface area contributed by atoms with Crippen molar-refractivity contribution in [2.24, 2.45) is 11.8 Å². The highest BCUT2D eigenvalue weighted by Gasteiger charge is 2.28. The maximum absolute atomic E-state index is 9.80. The number of likely N-dealkylation sites (tertiary alicyclic amines) is 1. The van der Waals surface area contributed by atoms with Gasteiger partial charge in [-0.25, -0.2) is 0 Å². The van der Waals surface area contributed by atoms with Crippen molar-refractivity contribution in [3.8, 4) is 11.1 Å². The summed E-state index contributed by atoms with van der Waals surface area (Å²) in [6, 6.07) is 19.5. The monoisotopic (exact) mass is 380 g/mol. The summed E-state index contributed by atoms with van der Waals surface area (Å²) in [7, 11) is 0. The maximum atomic E-state index is 9.80. The number of morpholine rings is 1. The van der Waals surface area contributed by atoms with Gasteiger partial charge in [0.05, 0.1) is 13.2 Å². The standard InChI is InChI=1S/C24H32N2O2/c27-19-22-14-21(16-25-10-12-28-13-11-25)17-26(18-22)15-20-6-8-24(9-7-20)23-4-2-1-3-5-23/h1-9,21-22,27H,10-19H2. The van der Waals surface area contributed by atoms with E-state index in [0.717, 1.165) is 58.9 Å². The lowest BCUT2D eigenvalue weighted by Crippen LogP contribution is -2.47. The van der Waals surface area contributed by atoms with Crippen molar-refractivity contribution in [2.45, 2.75) is 13.0 Å². The van der Waals surface area contributed by atoms with Crippen molar-refractivity contribution in [2.75, 3.05) is 52.5 Å². The van der Waals surface area contributed by atoms with E-state index in [1.807, 2.05) is 0 Å². The Labute approximate surface area is 168 Å². The summed E-state index contributed by atoms with van der Waals surface area (Å²) in [6.07, 6.45) is 1.14. The molecule has 2 aromatic rings. The van der Waals surface area contributed by atoms with Crippen molar-refractivity contribution in [1.82, 2.24) is 9.80 Å². The van der Waals surface area contributed by atoms with E-state index in [1.165, 1.54) is 16.7 Å². The van der Waals surface area contributed by atoms with Gasteiger partial charge in [-0.15, -0.1) is 0 Å². The van der Waals surface area contributed by atoms with Crippen LogP contribution in [-0.4, -0.2) is 67.5 Å². The number of piperidine rings is 1. The Kier molecular flexibility index (Phi) is 6.76. The van der Waals surface area contributed by atoms with Gasteiger partial charge in [0.25, 0.3) is 0 Å². The Balaban J connectivity index is 1.37. The number of hydrogen-bond acceptors (Lipinski definition) is 4. The molecule has 0 saturated carbocycles. The van der Waals surface area contributed by atoms with Gasteiger partial charge in [0.2, 0.25) is 0 Å². The second-order valence-corrected chi connectivity index (χ2v) is 8.32. The van der Waals surface area contributed by atoms with Gasteiger partial charge < -0.3 is 9.84 Å². The van der Waals surface area contributed by atoms with Crippen LogP contribution in [0.15, 0.2) is 54.6 Å². The third-order valence-electron chi connectivity index (χ3n) is 6.05. The molecule has 1 N–H and O–H groups in total. The van der Waals surface area contributed by atoms with Crippen LogP contribution in [-0.2, 0) is 11.3 Å². The second-order valence-electron chi connectivity index (χ2n) is 8.32. The summed E-state index contributed by atoms with van der Waals surface area (Å²) in [5.74, 6) is 1.02. The van der Waals surface area contributed by atoms with E-state index in [9.17, 15) is 5.11 Å². The highest BCUT2D eigenvalue weighted by Crippen LogP contribution is 2.25. The lowest BCUT2D eigenvalue weighted by atomic mass is 9.88. The number of ether oxygens (including phenoxy) is 1. The van der Waals surface area contributed by atoms with Gasteiger partial charge in [-0.1, -0.05) is 54.6 Å². The van der Waals surface area contributed by atoms with Crippen LogP contribution in [0, 0.1) is 11.8 Å². The van der Waals surface area contributed by atoms with Crippen LogP contribution in [0.3, 0.4) is 0 Å². The molecule has 2 unspecified atom stereocenters. The van der Waals surface area contributed by atoms with Crippen LogP contribution < -0.4 is 0 Å². The maximum Gasteiger partial charge on any atom is 0.0594 e. The quantitative estimate of drug-likeness (QED) is 0.835. The van der Waals surface area contributed by atoms with E-state index in [-0.39, 0.29) is 0 Å². The normalized spacial score (nSPS) is 24.3. The molecule has 0 radical (unpaired) electrons. The largest absolute Gasteiger partial charge is 0.396 e. The van der Waals surface area contributed by atoms with Crippen molar-refractivity contribution in [3.63, 3.8) is 0 Å². The van der Waals surface area contributed by atoms with Crippen LogP contribution in [0.2, 0.25) is 0 Å². The molecule has 2 aromatic carbocycles. The molecular weight excluding hydrogens is 348 g/mol. The molecule has 0 spiro atoms. The van der Waals surface area contributed by atoms with Crippen molar-refractivity contribution >= 4 is 0 Å². The van der Waals surface area contributed by atoms with Gasteiger partial charge >= 0.3 is 0 Å². The molecular formula is C24H32N2O2. The first kappa shape index (κ1) is 19.6. The molecule has 2 heterocycles. The van der Waals surface area contributed by atoms with Gasteiger partial charge in [-0.3, -0.25) is 9.80 Å². The zero-order valence-electron chi connectivity index (χ0n) is 16.7. The summed E-state index contributed by atoms with van der Waals surface area (Å²) in [5.41, 5.74) is 3.88. The van der Waals surface area contributed by atoms with E-state index in [1.54, 1.807) is 0 Å². The number of aliphatic hydroxyl groups excluding tert-OH is 1. The minimum atomic E-state index is 0.295. The number of hydrogen-bond donors (Lipinski definition) is 1. The average molecular weight is 381 g/mol. The molecule has 2 saturated heterocycles. The Morgan fingerprint density at radius 3 is 2.21 bits per heavy atom. The van der Waals surface area contributed by atoms with Crippen LogP contribution in [0.1, 0.15) is 12.0 Å². The Bertz CT molecular complexity index is 713. The van der Waals surface area contributed by atoms with E-state index in [0.29, 0.717) is 18.4 Å². The van der Waals surface area contributed by atoms with Crippen LogP contribution >= 0.6 is 0 Å². The molecule has 150 valence electrons. The zero-order chi connectivity index (χ0) is 19.2. The molecule has 28 heavy (non-hydrogen) atoms. The smallest absolute Gasteiger partial charge is 0.0594 e. The Morgan fingerprint density at radius 1 is 0.821 bits per heavy atom. The Hall–Kier alpha value is -1.72. The highest BCUT2D eigenvalue weighted by molar-refractivity contribution is 5.63. The zero-order valence-corrected chi connectivity index (χ0v) is 16.7. The molecule has 2 atom stereocenters. The van der Waals surface area contributed by atoms with Crippen LogP contribution in [0.4, 0.5) is 0 Å². The lowest BCUT2D eigenvalue weighted by Gasteiger charge is -2.40. The fraction of sp³-hybridized carbons (Fsp3) is 0.500. The molecule has 0 amide bonds. The molecule has 0 aliphatic carbocycles. The van der Waals surface area contributed by atoms with E-state index in [4.69, 9.17) is 4.74 Å². The third-order valence-corrected chi connectivity index (χ3v) is 6.05. The second kappa shape index (κ2) is 9.66. The molecule has 4 nitrogen and oxygen atoms in total. The van der Waals surface area contributed by atoms with Crippen molar-refractivity contribution in [1.29, 1.82) is 0 Å². The molecule has 0 bridgehead atoms. The van der Waals surface area contributed by atoms with Gasteiger partial charge in [0.15, 0.2) is 0 Å². The predicted octanol–water partition coefficient (Wildman–Crippen LogP) is 3.12. The molecule has 2 aliphatic rings. The fourth-order valence-corrected chi connectivity index (χ4v) is 4.66. The fourth-order valence-electron chi connectivity index (χ4n) is 4.66. The van der Waals surface area contributed by atoms with Crippen molar-refractivity contribution < 1.29 is 9.84 Å². The molecule has 4 heteroatoms. The summed E-state index contributed by atoms with van der Waals surface area (Å²) in [5, 5.41) is 9.80. The van der Waals surface area contributed by atoms with E-state index >= 15 is 0 Å². The first-order valence-corrected chi connectivity index (χ1v) is 10.6.